The molecule has 1 aromatic rings. The van der Waals surface area contributed by atoms with E-state index in [1.165, 1.54) is 23.6 Å². The zero-order valence-electron chi connectivity index (χ0n) is 10.9. The van der Waals surface area contributed by atoms with Crippen molar-refractivity contribution < 1.29 is 0 Å². The maximum absolute atomic E-state index is 4.58. The molecule has 0 aliphatic heterocycles. The van der Waals surface area contributed by atoms with E-state index in [9.17, 15) is 0 Å². The van der Waals surface area contributed by atoms with Gasteiger partial charge in [-0.1, -0.05) is 25.6 Å². The number of rotatable bonds is 4. The average Bonchev–Trinajstić information content (AvgIpc) is 2.68. The van der Waals surface area contributed by atoms with Gasteiger partial charge in [0, 0.05) is 22.4 Å². The molecule has 2 nitrogen and oxygen atoms in total. The van der Waals surface area contributed by atoms with Gasteiger partial charge in [-0.05, 0) is 38.6 Å². The molecule has 4 heteroatoms. The molecule has 0 amide bonds. The third-order valence-corrected chi connectivity index (χ3v) is 5.82. The van der Waals surface area contributed by atoms with Gasteiger partial charge in [0.05, 0.1) is 0 Å². The molecule has 0 aromatic carbocycles. The predicted octanol–water partition coefficient (Wildman–Crippen LogP) is 3.71. The van der Waals surface area contributed by atoms with Crippen LogP contribution in [0.3, 0.4) is 0 Å². The first-order valence-electron chi connectivity index (χ1n) is 6.51. The lowest BCUT2D eigenvalue weighted by Gasteiger charge is -2.34. The Morgan fingerprint density at radius 1 is 1.53 bits per heavy atom. The van der Waals surface area contributed by atoms with Crippen molar-refractivity contribution in [2.24, 2.45) is 5.92 Å². The number of hydrogen-bond donors (Lipinski definition) is 1. The molecule has 1 heterocycles. The van der Waals surface area contributed by atoms with Gasteiger partial charge in [0.1, 0.15) is 4.34 Å². The summed E-state index contributed by atoms with van der Waals surface area (Å²) < 4.78 is 1.24. The van der Waals surface area contributed by atoms with Crippen molar-refractivity contribution in [3.63, 3.8) is 0 Å². The molecule has 1 aliphatic rings. The maximum atomic E-state index is 4.58. The van der Waals surface area contributed by atoms with Crippen LogP contribution >= 0.6 is 23.1 Å². The van der Waals surface area contributed by atoms with Crippen molar-refractivity contribution in [2.75, 3.05) is 6.54 Å². The van der Waals surface area contributed by atoms with E-state index in [1.54, 1.807) is 11.3 Å². The Labute approximate surface area is 113 Å². The number of nitrogens with one attached hydrogen (secondary N) is 1. The fourth-order valence-corrected chi connectivity index (χ4v) is 5.01. The largest absolute Gasteiger partial charge is 0.313 e. The van der Waals surface area contributed by atoms with Crippen LogP contribution in [0.25, 0.3) is 0 Å². The van der Waals surface area contributed by atoms with Crippen LogP contribution in [0.1, 0.15) is 38.8 Å². The smallest absolute Gasteiger partial charge is 0.150 e. The lowest BCUT2D eigenvalue weighted by Crippen LogP contribution is -2.42. The summed E-state index contributed by atoms with van der Waals surface area (Å²) in [4.78, 5) is 4.58. The molecular formula is C13H22N2S2. The minimum Gasteiger partial charge on any atom is -0.313 e. The first-order valence-corrected chi connectivity index (χ1v) is 8.27. The highest BCUT2D eigenvalue weighted by Gasteiger charge is 2.29. The normalized spacial score (nSPS) is 29.5. The van der Waals surface area contributed by atoms with Gasteiger partial charge in [0.2, 0.25) is 0 Å². The topological polar surface area (TPSA) is 24.9 Å². The Hall–Kier alpha value is -0.0600. The molecular weight excluding hydrogens is 248 g/mol. The molecule has 0 spiro atoms. The molecule has 96 valence electrons. The number of hydrogen-bond acceptors (Lipinski definition) is 4. The van der Waals surface area contributed by atoms with Gasteiger partial charge in [0.25, 0.3) is 0 Å². The number of thiazole rings is 1. The molecule has 3 unspecified atom stereocenters. The summed E-state index contributed by atoms with van der Waals surface area (Å²) >= 11 is 3.77. The zero-order valence-corrected chi connectivity index (χ0v) is 12.5. The quantitative estimate of drug-likeness (QED) is 0.903. The number of aryl methyl sites for hydroxylation is 1. The van der Waals surface area contributed by atoms with Crippen molar-refractivity contribution in [3.8, 4) is 0 Å². The molecule has 3 atom stereocenters. The lowest BCUT2D eigenvalue weighted by molar-refractivity contribution is 0.320. The van der Waals surface area contributed by atoms with E-state index in [2.05, 4.69) is 36.5 Å². The summed E-state index contributed by atoms with van der Waals surface area (Å²) in [5.41, 5.74) is 1.15. The zero-order chi connectivity index (χ0) is 12.3. The first kappa shape index (κ1) is 13.4. The molecule has 1 saturated carbocycles. The Balaban J connectivity index is 1.99. The van der Waals surface area contributed by atoms with Gasteiger partial charge >= 0.3 is 0 Å². The van der Waals surface area contributed by atoms with Gasteiger partial charge in [-0.3, -0.25) is 0 Å². The molecule has 2 rings (SSSR count). The standard InChI is InChI=1S/C13H22N2S2/c1-4-14-11-6-5-9(2)7-12(11)17-13-15-10(3)8-16-13/h8-9,11-12,14H,4-7H2,1-3H3. The molecule has 17 heavy (non-hydrogen) atoms. The molecule has 1 fully saturated rings. The van der Waals surface area contributed by atoms with Crippen LogP contribution in [0.5, 0.6) is 0 Å². The monoisotopic (exact) mass is 270 g/mol. The Bertz CT molecular complexity index is 351. The van der Waals surface area contributed by atoms with Crippen molar-refractivity contribution in [3.05, 3.63) is 11.1 Å². The van der Waals surface area contributed by atoms with Crippen LogP contribution in [-0.4, -0.2) is 22.8 Å². The Morgan fingerprint density at radius 2 is 2.35 bits per heavy atom. The molecule has 1 aliphatic carbocycles. The highest BCUT2D eigenvalue weighted by atomic mass is 32.2. The third-order valence-electron chi connectivity index (χ3n) is 3.37. The Kier molecular flexibility index (Phi) is 4.88. The van der Waals surface area contributed by atoms with E-state index in [0.29, 0.717) is 11.3 Å². The SMILES string of the molecule is CCNC1CCC(C)CC1Sc1nc(C)cs1. The fraction of sp³-hybridized carbons (Fsp3) is 0.769. The molecule has 1 N–H and O–H groups in total. The van der Waals surface area contributed by atoms with Gasteiger partial charge in [-0.2, -0.15) is 0 Å². The summed E-state index contributed by atoms with van der Waals surface area (Å²) in [5.74, 6) is 0.864. The van der Waals surface area contributed by atoms with E-state index in [0.717, 1.165) is 18.2 Å². The minimum absolute atomic E-state index is 0.672. The number of thioether (sulfide) groups is 1. The van der Waals surface area contributed by atoms with E-state index in [-0.39, 0.29) is 0 Å². The van der Waals surface area contributed by atoms with E-state index < -0.39 is 0 Å². The summed E-state index contributed by atoms with van der Waals surface area (Å²) in [6.07, 6.45) is 4.00. The summed E-state index contributed by atoms with van der Waals surface area (Å²) in [5, 5.41) is 6.49. The highest BCUT2D eigenvalue weighted by molar-refractivity contribution is 8.01. The minimum atomic E-state index is 0.672. The average molecular weight is 270 g/mol. The van der Waals surface area contributed by atoms with Crippen LogP contribution in [0.4, 0.5) is 0 Å². The molecule has 0 radical (unpaired) electrons. The van der Waals surface area contributed by atoms with E-state index >= 15 is 0 Å². The lowest BCUT2D eigenvalue weighted by atomic mass is 9.87. The second-order valence-electron chi connectivity index (χ2n) is 4.99. The Morgan fingerprint density at radius 3 is 3.00 bits per heavy atom. The van der Waals surface area contributed by atoms with Crippen molar-refractivity contribution in [2.45, 2.75) is 55.7 Å². The van der Waals surface area contributed by atoms with Gasteiger partial charge in [-0.25, -0.2) is 4.98 Å². The van der Waals surface area contributed by atoms with E-state index in [1.807, 2.05) is 11.8 Å². The fourth-order valence-electron chi connectivity index (χ4n) is 2.47. The van der Waals surface area contributed by atoms with Crippen LogP contribution in [0.15, 0.2) is 9.72 Å². The summed E-state index contributed by atoms with van der Waals surface area (Å²) in [7, 11) is 0. The predicted molar refractivity (Wildman–Crippen MR) is 77.0 cm³/mol. The van der Waals surface area contributed by atoms with Crippen LogP contribution < -0.4 is 5.32 Å². The van der Waals surface area contributed by atoms with E-state index in [4.69, 9.17) is 0 Å². The van der Waals surface area contributed by atoms with Crippen molar-refractivity contribution in [1.29, 1.82) is 0 Å². The molecule has 0 saturated heterocycles. The first-order chi connectivity index (χ1) is 8.19. The number of aromatic nitrogens is 1. The van der Waals surface area contributed by atoms with Gasteiger partial charge < -0.3 is 5.32 Å². The second kappa shape index (κ2) is 6.21. The maximum Gasteiger partial charge on any atom is 0.150 e. The van der Waals surface area contributed by atoms with Gasteiger partial charge in [0.15, 0.2) is 0 Å². The number of nitrogens with zero attached hydrogens (tertiary/aromatic N) is 1. The molecule has 0 bridgehead atoms. The van der Waals surface area contributed by atoms with Crippen LogP contribution in [0.2, 0.25) is 0 Å². The third kappa shape index (κ3) is 3.70. The summed E-state index contributed by atoms with van der Waals surface area (Å²) in [6, 6.07) is 0.672. The van der Waals surface area contributed by atoms with Crippen LogP contribution in [-0.2, 0) is 0 Å². The summed E-state index contributed by atoms with van der Waals surface area (Å²) in [6.45, 7) is 7.73. The highest BCUT2D eigenvalue weighted by Crippen LogP contribution is 2.37. The molecule has 1 aromatic heterocycles. The van der Waals surface area contributed by atoms with Gasteiger partial charge in [-0.15, -0.1) is 11.3 Å². The van der Waals surface area contributed by atoms with Crippen molar-refractivity contribution >= 4 is 23.1 Å². The van der Waals surface area contributed by atoms with Crippen molar-refractivity contribution in [1.82, 2.24) is 10.3 Å². The second-order valence-corrected chi connectivity index (χ2v) is 7.34. The van der Waals surface area contributed by atoms with Crippen LogP contribution in [0, 0.1) is 12.8 Å².